The molecule has 0 aliphatic rings. The predicted molar refractivity (Wildman–Crippen MR) is 386 cm³/mol. The molecule has 0 fully saturated rings. The Morgan fingerprint density at radius 3 is 0.747 bits per heavy atom. The maximum absolute atomic E-state index is 13.1. The van der Waals surface area contributed by atoms with Gasteiger partial charge in [-0.25, -0.2) is 9.13 Å². The van der Waals surface area contributed by atoms with Crippen LogP contribution in [-0.4, -0.2) is 96.7 Å². The Hall–Kier alpha value is -1.94. The van der Waals surface area contributed by atoms with Gasteiger partial charge in [-0.15, -0.1) is 0 Å². The fraction of sp³-hybridized carbons (Fsp3) is 0.947. The molecule has 3 N–H and O–H groups in total. The molecule has 0 bridgehead atoms. The van der Waals surface area contributed by atoms with Crippen LogP contribution in [-0.2, 0) is 65.4 Å². The SMILES string of the molecule is CCC(C)CCCCCCCCCCCCCCCCCCCCC(=O)OC[C@H](COP(=O)(O)OCC(O)COP(=O)(O)OC[C@@H](COC(=O)CCCCCCCCCC(C)C)OC(=O)CCCCCCCCCCCCC(C)C)OC(=O)CCCCCCCCCC(C)C. The molecule has 0 radical (unpaired) electrons. The smallest absolute Gasteiger partial charge is 0.462 e. The van der Waals surface area contributed by atoms with Crippen LogP contribution in [0.25, 0.3) is 0 Å². The van der Waals surface area contributed by atoms with Gasteiger partial charge in [-0.1, -0.05) is 331 Å². The summed E-state index contributed by atoms with van der Waals surface area (Å²) < 4.78 is 68.4. The molecule has 19 heteroatoms. The Balaban J connectivity index is 5.13. The minimum Gasteiger partial charge on any atom is -0.462 e. The zero-order valence-corrected chi connectivity index (χ0v) is 64.1. The number of aliphatic hydroxyl groups excluding tert-OH is 1. The van der Waals surface area contributed by atoms with Crippen LogP contribution >= 0.6 is 15.6 Å². The van der Waals surface area contributed by atoms with Crippen molar-refractivity contribution in [2.45, 2.75) is 401 Å². The van der Waals surface area contributed by atoms with Crippen molar-refractivity contribution in [2.75, 3.05) is 39.6 Å². The van der Waals surface area contributed by atoms with E-state index in [9.17, 15) is 43.2 Å². The third-order valence-corrected chi connectivity index (χ3v) is 19.8. The van der Waals surface area contributed by atoms with Crippen LogP contribution in [0.15, 0.2) is 0 Å². The van der Waals surface area contributed by atoms with Gasteiger partial charge in [0.05, 0.1) is 26.4 Å². The van der Waals surface area contributed by atoms with Gasteiger partial charge in [0.15, 0.2) is 12.2 Å². The van der Waals surface area contributed by atoms with Crippen molar-refractivity contribution in [2.24, 2.45) is 23.7 Å². The summed E-state index contributed by atoms with van der Waals surface area (Å²) >= 11 is 0. The molecule has 0 aliphatic carbocycles. The summed E-state index contributed by atoms with van der Waals surface area (Å²) in [6.07, 6.45) is 50.3. The summed E-state index contributed by atoms with van der Waals surface area (Å²) in [5.41, 5.74) is 0. The van der Waals surface area contributed by atoms with Gasteiger partial charge >= 0.3 is 39.5 Å². The first kappa shape index (κ1) is 93.1. The molecule has 0 saturated heterocycles. The van der Waals surface area contributed by atoms with E-state index in [-0.39, 0.29) is 25.7 Å². The molecule has 0 amide bonds. The second-order valence-electron chi connectivity index (χ2n) is 29.1. The molecule has 17 nitrogen and oxygen atoms in total. The fourth-order valence-corrected chi connectivity index (χ4v) is 13.1. The third-order valence-electron chi connectivity index (χ3n) is 17.9. The molecule has 6 atom stereocenters. The Bertz CT molecular complexity index is 1870. The van der Waals surface area contributed by atoms with Crippen LogP contribution in [0.5, 0.6) is 0 Å². The quantitative estimate of drug-likeness (QED) is 0.0222. The highest BCUT2D eigenvalue weighted by Gasteiger charge is 2.30. The molecule has 95 heavy (non-hydrogen) atoms. The second kappa shape index (κ2) is 65.4. The lowest BCUT2D eigenvalue weighted by atomic mass is 9.99. The number of ether oxygens (including phenoxy) is 4. The summed E-state index contributed by atoms with van der Waals surface area (Å²) in [4.78, 5) is 72.7. The number of rotatable bonds is 73. The van der Waals surface area contributed by atoms with Gasteiger partial charge in [0, 0.05) is 25.7 Å². The van der Waals surface area contributed by atoms with Gasteiger partial charge in [-0.2, -0.15) is 0 Å². The van der Waals surface area contributed by atoms with E-state index in [1.165, 1.54) is 180 Å². The lowest BCUT2D eigenvalue weighted by molar-refractivity contribution is -0.161. The standard InChI is InChI=1S/C76H148O17P2/c1-9-69(8)55-47-39-31-23-18-16-14-12-10-11-13-15-17-19-24-32-40-48-56-73(78)86-62-72(93-76(81)59-51-43-35-27-30-38-46-54-68(6)7)65-91-95(84,85)89-61-70(77)60-88-94(82,83)90-64-71(63-87-74(79)57-49-41-34-26-29-37-45-53-67(4)5)92-75(80)58-50-42-33-25-21-20-22-28-36-44-52-66(2)3/h66-72,77H,9-65H2,1-8H3,(H,82,83)(H,84,85)/t69?,70?,71-,72-/m1/s1. The van der Waals surface area contributed by atoms with E-state index in [4.69, 9.17) is 37.0 Å². The van der Waals surface area contributed by atoms with Crippen molar-refractivity contribution in [1.82, 2.24) is 0 Å². The first-order valence-corrected chi connectivity index (χ1v) is 42.2. The van der Waals surface area contributed by atoms with E-state index in [1.54, 1.807) is 0 Å². The highest BCUT2D eigenvalue weighted by atomic mass is 31.2. The number of esters is 4. The summed E-state index contributed by atoms with van der Waals surface area (Å²) in [5.74, 6) is 0.901. The molecule has 564 valence electrons. The first-order valence-electron chi connectivity index (χ1n) is 39.2. The largest absolute Gasteiger partial charge is 0.472 e. The van der Waals surface area contributed by atoms with Gasteiger partial charge in [0.2, 0.25) is 0 Å². The molecule has 0 saturated carbocycles. The van der Waals surface area contributed by atoms with E-state index in [0.717, 1.165) is 108 Å². The number of unbranched alkanes of at least 4 members (excludes halogenated alkanes) is 38. The number of hydrogen-bond acceptors (Lipinski definition) is 15. The molecular weight excluding hydrogens is 1250 g/mol. The zero-order chi connectivity index (χ0) is 70.3. The summed E-state index contributed by atoms with van der Waals surface area (Å²) in [6, 6.07) is 0. The van der Waals surface area contributed by atoms with Crippen molar-refractivity contribution in [3.05, 3.63) is 0 Å². The maximum Gasteiger partial charge on any atom is 0.472 e. The molecule has 0 rings (SSSR count). The minimum absolute atomic E-state index is 0.103. The monoisotopic (exact) mass is 1400 g/mol. The van der Waals surface area contributed by atoms with E-state index >= 15 is 0 Å². The Labute approximate surface area is 581 Å². The molecule has 0 aliphatic heterocycles. The lowest BCUT2D eigenvalue weighted by Crippen LogP contribution is -2.30. The van der Waals surface area contributed by atoms with Crippen molar-refractivity contribution in [3.63, 3.8) is 0 Å². The topological polar surface area (TPSA) is 237 Å². The number of carbonyl (C=O) groups excluding carboxylic acids is 4. The van der Waals surface area contributed by atoms with Gasteiger partial charge in [-0.3, -0.25) is 37.3 Å². The molecular formula is C76H148O17P2. The zero-order valence-electron chi connectivity index (χ0n) is 62.3. The van der Waals surface area contributed by atoms with Crippen LogP contribution in [0.4, 0.5) is 0 Å². The predicted octanol–water partition coefficient (Wildman–Crippen LogP) is 22.0. The molecule has 4 unspecified atom stereocenters. The van der Waals surface area contributed by atoms with Gasteiger partial charge in [0.25, 0.3) is 0 Å². The lowest BCUT2D eigenvalue weighted by Gasteiger charge is -2.21. The Kier molecular flexibility index (Phi) is 64.0. The highest BCUT2D eigenvalue weighted by molar-refractivity contribution is 7.47. The van der Waals surface area contributed by atoms with Gasteiger partial charge < -0.3 is 33.8 Å². The average Bonchev–Trinajstić information content (AvgIpc) is 1.62. The van der Waals surface area contributed by atoms with Crippen molar-refractivity contribution >= 4 is 39.5 Å². The molecule has 0 aromatic heterocycles. The van der Waals surface area contributed by atoms with Crippen LogP contribution in [0, 0.1) is 23.7 Å². The summed E-state index contributed by atoms with van der Waals surface area (Å²) in [7, 11) is -9.91. The molecule has 0 aromatic rings. The van der Waals surface area contributed by atoms with Crippen molar-refractivity contribution in [1.29, 1.82) is 0 Å². The van der Waals surface area contributed by atoms with E-state index < -0.39 is 97.5 Å². The van der Waals surface area contributed by atoms with Gasteiger partial charge in [-0.05, 0) is 49.4 Å². The third kappa shape index (κ3) is 69.0. The van der Waals surface area contributed by atoms with Crippen LogP contribution in [0.3, 0.4) is 0 Å². The van der Waals surface area contributed by atoms with Crippen molar-refractivity contribution < 1.29 is 80.2 Å². The number of aliphatic hydroxyl groups is 1. The van der Waals surface area contributed by atoms with Crippen molar-refractivity contribution in [3.8, 4) is 0 Å². The Morgan fingerprint density at radius 2 is 0.505 bits per heavy atom. The molecule has 0 heterocycles. The Morgan fingerprint density at radius 1 is 0.295 bits per heavy atom. The average molecular weight is 1400 g/mol. The van der Waals surface area contributed by atoms with Crippen LogP contribution < -0.4 is 0 Å². The fourth-order valence-electron chi connectivity index (χ4n) is 11.5. The highest BCUT2D eigenvalue weighted by Crippen LogP contribution is 2.45. The second-order valence-corrected chi connectivity index (χ2v) is 32.0. The minimum atomic E-state index is -4.96. The van der Waals surface area contributed by atoms with Gasteiger partial charge in [0.1, 0.15) is 19.3 Å². The summed E-state index contributed by atoms with van der Waals surface area (Å²) in [5, 5.41) is 10.6. The van der Waals surface area contributed by atoms with E-state index in [0.29, 0.717) is 37.5 Å². The summed E-state index contributed by atoms with van der Waals surface area (Å²) in [6.45, 7) is 14.1. The number of phosphoric acid groups is 2. The first-order chi connectivity index (χ1) is 45.6. The molecule has 0 aromatic carbocycles. The van der Waals surface area contributed by atoms with Crippen LogP contribution in [0.1, 0.15) is 383 Å². The maximum atomic E-state index is 13.1. The number of phosphoric ester groups is 2. The van der Waals surface area contributed by atoms with E-state index in [1.807, 2.05) is 0 Å². The number of carbonyl (C=O) groups is 4. The normalized spacial score (nSPS) is 14.4. The van der Waals surface area contributed by atoms with E-state index in [2.05, 4.69) is 55.4 Å². The van der Waals surface area contributed by atoms with Crippen LogP contribution in [0.2, 0.25) is 0 Å². The molecule has 0 spiro atoms. The number of hydrogen-bond donors (Lipinski definition) is 3.